The van der Waals surface area contributed by atoms with Gasteiger partial charge in [-0.3, -0.25) is 4.79 Å². The minimum absolute atomic E-state index is 0.104. The molecule has 1 amide bonds. The standard InChI is InChI=1S/C28H20Cl2N2O3/c1-34-26-15-18(14-21(16-31)28(33)32-24-11-5-10-23(29)27(24)30)12-13-25(26)35-17-20-8-4-7-19-6-2-3-9-22(19)20/h2-15H,17H2,1H3,(H,32,33)/b21-14+. The number of anilines is 1. The second-order valence-corrected chi connectivity index (χ2v) is 8.35. The van der Waals surface area contributed by atoms with Crippen molar-refractivity contribution in [2.75, 3.05) is 12.4 Å². The Morgan fingerprint density at radius 1 is 1.00 bits per heavy atom. The van der Waals surface area contributed by atoms with Gasteiger partial charge in [0.05, 0.1) is 22.8 Å². The van der Waals surface area contributed by atoms with Gasteiger partial charge in [-0.25, -0.2) is 0 Å². The Morgan fingerprint density at radius 3 is 2.57 bits per heavy atom. The van der Waals surface area contributed by atoms with Crippen molar-refractivity contribution < 1.29 is 14.3 Å². The van der Waals surface area contributed by atoms with E-state index in [1.165, 1.54) is 13.2 Å². The summed E-state index contributed by atoms with van der Waals surface area (Å²) in [4.78, 5) is 12.6. The molecule has 0 saturated heterocycles. The molecule has 0 radical (unpaired) electrons. The van der Waals surface area contributed by atoms with Gasteiger partial charge in [0.25, 0.3) is 5.91 Å². The van der Waals surface area contributed by atoms with E-state index in [1.54, 1.807) is 36.4 Å². The Kier molecular flexibility index (Phi) is 7.57. The third-order valence-corrected chi connectivity index (χ3v) is 6.15. The van der Waals surface area contributed by atoms with E-state index in [0.29, 0.717) is 34.4 Å². The molecule has 0 atom stereocenters. The molecular formula is C28H20Cl2N2O3. The number of benzene rings is 4. The summed E-state index contributed by atoms with van der Waals surface area (Å²) >= 11 is 12.1. The smallest absolute Gasteiger partial charge is 0.266 e. The fourth-order valence-corrected chi connectivity index (χ4v) is 3.92. The molecule has 4 aromatic rings. The minimum Gasteiger partial charge on any atom is -0.493 e. The molecule has 0 aliphatic carbocycles. The van der Waals surface area contributed by atoms with Crippen LogP contribution in [-0.2, 0) is 11.4 Å². The number of halogens is 2. The first-order chi connectivity index (χ1) is 17.0. The van der Waals surface area contributed by atoms with Crippen LogP contribution < -0.4 is 14.8 Å². The highest BCUT2D eigenvalue weighted by Crippen LogP contribution is 2.32. The predicted octanol–water partition coefficient (Wildman–Crippen LogP) is 7.28. The first-order valence-electron chi connectivity index (χ1n) is 10.6. The zero-order valence-electron chi connectivity index (χ0n) is 18.7. The molecule has 1 N–H and O–H groups in total. The number of carbonyl (C=O) groups excluding carboxylic acids is 1. The maximum atomic E-state index is 12.6. The van der Waals surface area contributed by atoms with Crippen LogP contribution in [0.15, 0.2) is 84.4 Å². The molecule has 0 aliphatic rings. The van der Waals surface area contributed by atoms with E-state index in [2.05, 4.69) is 23.5 Å². The zero-order chi connectivity index (χ0) is 24.8. The average molecular weight is 503 g/mol. The normalized spacial score (nSPS) is 11.1. The quantitative estimate of drug-likeness (QED) is 0.213. The van der Waals surface area contributed by atoms with E-state index < -0.39 is 5.91 Å². The van der Waals surface area contributed by atoms with Gasteiger partial charge in [0.2, 0.25) is 0 Å². The number of carbonyl (C=O) groups is 1. The van der Waals surface area contributed by atoms with E-state index in [-0.39, 0.29) is 10.6 Å². The second kappa shape index (κ2) is 11.0. The molecule has 35 heavy (non-hydrogen) atoms. The first kappa shape index (κ1) is 24.2. The van der Waals surface area contributed by atoms with Crippen LogP contribution >= 0.6 is 23.2 Å². The van der Waals surface area contributed by atoms with Crippen molar-refractivity contribution in [2.45, 2.75) is 6.61 Å². The summed E-state index contributed by atoms with van der Waals surface area (Å²) in [5, 5.41) is 14.9. The average Bonchev–Trinajstić information content (AvgIpc) is 2.88. The van der Waals surface area contributed by atoms with E-state index in [0.717, 1.165) is 16.3 Å². The lowest BCUT2D eigenvalue weighted by molar-refractivity contribution is -0.112. The van der Waals surface area contributed by atoms with Gasteiger partial charge in [0, 0.05) is 0 Å². The lowest BCUT2D eigenvalue weighted by Crippen LogP contribution is -2.13. The lowest BCUT2D eigenvalue weighted by Gasteiger charge is -2.13. The van der Waals surface area contributed by atoms with Gasteiger partial charge in [-0.05, 0) is 52.2 Å². The summed E-state index contributed by atoms with van der Waals surface area (Å²) in [6.45, 7) is 0.360. The summed E-state index contributed by atoms with van der Waals surface area (Å²) in [7, 11) is 1.53. The number of ether oxygens (including phenoxy) is 2. The lowest BCUT2D eigenvalue weighted by atomic mass is 10.1. The number of amides is 1. The molecule has 0 aromatic heterocycles. The molecule has 4 rings (SSSR count). The van der Waals surface area contributed by atoms with Crippen LogP contribution in [0.5, 0.6) is 11.5 Å². The molecule has 0 bridgehead atoms. The fourth-order valence-electron chi connectivity index (χ4n) is 3.57. The van der Waals surface area contributed by atoms with Crippen molar-refractivity contribution >= 4 is 51.6 Å². The van der Waals surface area contributed by atoms with E-state index in [4.69, 9.17) is 32.7 Å². The van der Waals surface area contributed by atoms with Gasteiger partial charge in [0.1, 0.15) is 18.2 Å². The van der Waals surface area contributed by atoms with Crippen LogP contribution in [0.2, 0.25) is 10.0 Å². The number of rotatable bonds is 7. The van der Waals surface area contributed by atoms with Crippen LogP contribution in [0.4, 0.5) is 5.69 Å². The second-order valence-electron chi connectivity index (χ2n) is 7.56. The maximum absolute atomic E-state index is 12.6. The number of nitriles is 1. The van der Waals surface area contributed by atoms with E-state index >= 15 is 0 Å². The largest absolute Gasteiger partial charge is 0.493 e. The molecule has 174 valence electrons. The Bertz CT molecular complexity index is 1470. The summed E-state index contributed by atoms with van der Waals surface area (Å²) in [5.41, 5.74) is 1.87. The third-order valence-electron chi connectivity index (χ3n) is 5.33. The Morgan fingerprint density at radius 2 is 1.77 bits per heavy atom. The topological polar surface area (TPSA) is 71.3 Å². The molecule has 0 fully saturated rings. The predicted molar refractivity (Wildman–Crippen MR) is 140 cm³/mol. The number of nitrogens with zero attached hydrogens (tertiary/aromatic N) is 1. The van der Waals surface area contributed by atoms with Crippen LogP contribution in [0.25, 0.3) is 16.8 Å². The van der Waals surface area contributed by atoms with Crippen LogP contribution in [0, 0.1) is 11.3 Å². The Balaban J connectivity index is 1.53. The van der Waals surface area contributed by atoms with E-state index in [9.17, 15) is 10.1 Å². The SMILES string of the molecule is COc1cc(/C=C(\C#N)C(=O)Nc2cccc(Cl)c2Cl)ccc1OCc1cccc2ccccc12. The number of hydrogen-bond donors (Lipinski definition) is 1. The van der Waals surface area contributed by atoms with Crippen LogP contribution in [-0.4, -0.2) is 13.0 Å². The fraction of sp³-hybridized carbons (Fsp3) is 0.0714. The molecule has 5 nitrogen and oxygen atoms in total. The number of methoxy groups -OCH3 is 1. The van der Waals surface area contributed by atoms with Gasteiger partial charge in [0.15, 0.2) is 11.5 Å². The highest BCUT2D eigenvalue weighted by molar-refractivity contribution is 6.44. The highest BCUT2D eigenvalue weighted by Gasteiger charge is 2.14. The molecular weight excluding hydrogens is 483 g/mol. The number of hydrogen-bond acceptors (Lipinski definition) is 4. The molecule has 4 aromatic carbocycles. The van der Waals surface area contributed by atoms with Crippen molar-refractivity contribution in [3.05, 3.63) is 106 Å². The summed E-state index contributed by atoms with van der Waals surface area (Å²) in [6.07, 6.45) is 1.46. The highest BCUT2D eigenvalue weighted by atomic mass is 35.5. The number of fused-ring (bicyclic) bond motifs is 1. The van der Waals surface area contributed by atoms with Crippen molar-refractivity contribution in [1.29, 1.82) is 5.26 Å². The molecule has 0 unspecified atom stereocenters. The van der Waals surface area contributed by atoms with Crippen molar-refractivity contribution in [1.82, 2.24) is 0 Å². The molecule has 7 heteroatoms. The van der Waals surface area contributed by atoms with Gasteiger partial charge in [-0.2, -0.15) is 5.26 Å². The summed E-state index contributed by atoms with van der Waals surface area (Å²) in [5.74, 6) is 0.424. The van der Waals surface area contributed by atoms with Crippen molar-refractivity contribution in [3.63, 3.8) is 0 Å². The Labute approximate surface area is 213 Å². The Hall–Kier alpha value is -3.98. The van der Waals surface area contributed by atoms with Crippen LogP contribution in [0.3, 0.4) is 0 Å². The van der Waals surface area contributed by atoms with Crippen molar-refractivity contribution in [2.24, 2.45) is 0 Å². The monoisotopic (exact) mass is 502 g/mol. The van der Waals surface area contributed by atoms with Gasteiger partial charge < -0.3 is 14.8 Å². The third kappa shape index (κ3) is 5.58. The van der Waals surface area contributed by atoms with E-state index in [1.807, 2.05) is 30.3 Å². The van der Waals surface area contributed by atoms with Crippen LogP contribution in [0.1, 0.15) is 11.1 Å². The van der Waals surface area contributed by atoms with Gasteiger partial charge >= 0.3 is 0 Å². The molecule has 0 heterocycles. The zero-order valence-corrected chi connectivity index (χ0v) is 20.2. The van der Waals surface area contributed by atoms with Crippen molar-refractivity contribution in [3.8, 4) is 17.6 Å². The minimum atomic E-state index is -0.605. The summed E-state index contributed by atoms with van der Waals surface area (Å²) < 4.78 is 11.5. The molecule has 0 spiro atoms. The first-order valence-corrected chi connectivity index (χ1v) is 11.4. The molecule has 0 aliphatic heterocycles. The van der Waals surface area contributed by atoms with Gasteiger partial charge in [-0.15, -0.1) is 0 Å². The van der Waals surface area contributed by atoms with Gasteiger partial charge in [-0.1, -0.05) is 77.8 Å². The summed E-state index contributed by atoms with van der Waals surface area (Å²) in [6, 6.07) is 26.2. The number of nitrogens with one attached hydrogen (secondary N) is 1. The maximum Gasteiger partial charge on any atom is 0.266 e. The molecule has 0 saturated carbocycles.